The minimum Gasteiger partial charge on any atom is -0.465 e. The van der Waals surface area contributed by atoms with E-state index >= 15 is 0 Å². The first-order chi connectivity index (χ1) is 10.3. The van der Waals surface area contributed by atoms with Gasteiger partial charge in [0.15, 0.2) is 0 Å². The van der Waals surface area contributed by atoms with Crippen LogP contribution in [0.2, 0.25) is 5.02 Å². The van der Waals surface area contributed by atoms with Crippen molar-refractivity contribution in [1.82, 2.24) is 0 Å². The first-order valence-electron chi connectivity index (χ1n) is 6.06. The molecule has 0 aliphatic heterocycles. The number of carbonyl (C=O) groups excluding carboxylic acids is 1. The van der Waals surface area contributed by atoms with E-state index in [0.717, 1.165) is 12.1 Å². The number of alkyl halides is 4. The molecule has 0 fully saturated rings. The summed E-state index contributed by atoms with van der Waals surface area (Å²) in [6.07, 6.45) is -4.51. The molecule has 0 amide bonds. The third-order valence-corrected chi connectivity index (χ3v) is 3.34. The van der Waals surface area contributed by atoms with Crippen LogP contribution in [0, 0.1) is 0 Å². The molecule has 2 aromatic carbocycles. The Kier molecular flexibility index (Phi) is 4.98. The van der Waals surface area contributed by atoms with E-state index in [-0.39, 0.29) is 10.8 Å². The van der Waals surface area contributed by atoms with Gasteiger partial charge in [0, 0.05) is 5.56 Å². The normalized spacial score (nSPS) is 12.8. The topological polar surface area (TPSA) is 26.3 Å². The van der Waals surface area contributed by atoms with E-state index in [1.807, 2.05) is 0 Å². The van der Waals surface area contributed by atoms with Crippen molar-refractivity contribution in [2.24, 2.45) is 0 Å². The fourth-order valence-corrected chi connectivity index (χ4v) is 2.12. The summed E-state index contributed by atoms with van der Waals surface area (Å²) in [6.45, 7) is 0. The molecule has 0 radical (unpaired) electrons. The Bertz CT molecular complexity index is 672. The average molecular weight is 349 g/mol. The van der Waals surface area contributed by atoms with Gasteiger partial charge in [-0.1, -0.05) is 53.5 Å². The van der Waals surface area contributed by atoms with Crippen LogP contribution in [0.5, 0.6) is 5.75 Å². The molecule has 1 atom stereocenters. The molecule has 22 heavy (non-hydrogen) atoms. The molecule has 7 heteroatoms. The van der Waals surface area contributed by atoms with E-state index in [4.69, 9.17) is 27.9 Å². The Hall–Kier alpha value is -1.72. The fourth-order valence-electron chi connectivity index (χ4n) is 1.67. The highest BCUT2D eigenvalue weighted by atomic mass is 35.5. The summed E-state index contributed by atoms with van der Waals surface area (Å²) in [4.78, 5) is 12.0. The lowest BCUT2D eigenvalue weighted by Gasteiger charge is -2.14. The molecule has 0 bridgehead atoms. The summed E-state index contributed by atoms with van der Waals surface area (Å²) in [5, 5.41) is -0.277. The predicted molar refractivity (Wildman–Crippen MR) is 77.5 cm³/mol. The van der Waals surface area contributed by atoms with Crippen LogP contribution < -0.4 is 4.74 Å². The summed E-state index contributed by atoms with van der Waals surface area (Å²) in [7, 11) is 0. The standard InChI is InChI=1S/C15H9Cl2F3O2/c16-11-8-10(15(18,19)20)6-7-12(11)22-14(17)13(21)9-4-2-1-3-5-9/h1-8,14H. The van der Waals surface area contributed by atoms with Crippen LogP contribution in [-0.4, -0.2) is 11.3 Å². The van der Waals surface area contributed by atoms with Gasteiger partial charge in [0.25, 0.3) is 0 Å². The number of ketones is 1. The largest absolute Gasteiger partial charge is 0.465 e. The van der Waals surface area contributed by atoms with Gasteiger partial charge in [-0.05, 0) is 18.2 Å². The van der Waals surface area contributed by atoms with Crippen molar-refractivity contribution in [3.63, 3.8) is 0 Å². The fraction of sp³-hybridized carbons (Fsp3) is 0.133. The van der Waals surface area contributed by atoms with Crippen LogP contribution in [0.4, 0.5) is 13.2 Å². The molecule has 0 heterocycles. The predicted octanol–water partition coefficient (Wildman–Crippen LogP) is 5.19. The van der Waals surface area contributed by atoms with E-state index in [9.17, 15) is 18.0 Å². The van der Waals surface area contributed by atoms with Gasteiger partial charge >= 0.3 is 6.18 Å². The maximum Gasteiger partial charge on any atom is 0.416 e. The van der Waals surface area contributed by atoms with Gasteiger partial charge in [0.2, 0.25) is 11.3 Å². The SMILES string of the molecule is O=C(c1ccccc1)C(Cl)Oc1ccc(C(F)(F)F)cc1Cl. The van der Waals surface area contributed by atoms with Gasteiger partial charge in [-0.3, -0.25) is 4.79 Å². The van der Waals surface area contributed by atoms with E-state index in [2.05, 4.69) is 0 Å². The van der Waals surface area contributed by atoms with Crippen LogP contribution in [0.25, 0.3) is 0 Å². The van der Waals surface area contributed by atoms with E-state index in [0.29, 0.717) is 11.6 Å². The Morgan fingerprint density at radius 2 is 1.73 bits per heavy atom. The van der Waals surface area contributed by atoms with Crippen LogP contribution in [0.3, 0.4) is 0 Å². The maximum atomic E-state index is 12.5. The van der Waals surface area contributed by atoms with Crippen molar-refractivity contribution in [3.8, 4) is 5.75 Å². The second-order valence-electron chi connectivity index (χ2n) is 4.31. The van der Waals surface area contributed by atoms with Crippen molar-refractivity contribution < 1.29 is 22.7 Å². The van der Waals surface area contributed by atoms with Gasteiger partial charge in [-0.25, -0.2) is 0 Å². The third kappa shape index (κ3) is 3.93. The molecule has 2 aromatic rings. The van der Waals surface area contributed by atoms with Gasteiger partial charge in [0.1, 0.15) is 5.75 Å². The zero-order chi connectivity index (χ0) is 16.3. The molecule has 0 saturated heterocycles. The zero-order valence-electron chi connectivity index (χ0n) is 10.9. The molecule has 0 aromatic heterocycles. The Balaban J connectivity index is 2.15. The lowest BCUT2D eigenvalue weighted by Crippen LogP contribution is -2.21. The number of ether oxygens (including phenoxy) is 1. The van der Waals surface area contributed by atoms with Gasteiger partial charge in [-0.15, -0.1) is 0 Å². The number of Topliss-reactive ketones (excluding diaryl/α,β-unsaturated/α-hetero) is 1. The first-order valence-corrected chi connectivity index (χ1v) is 6.87. The molecular weight excluding hydrogens is 340 g/mol. The molecule has 2 nitrogen and oxygen atoms in total. The molecule has 0 spiro atoms. The number of hydrogen-bond acceptors (Lipinski definition) is 2. The van der Waals surface area contributed by atoms with E-state index in [1.165, 1.54) is 0 Å². The summed E-state index contributed by atoms with van der Waals surface area (Å²) in [5.41, 5.74) is -1.98. The smallest absolute Gasteiger partial charge is 0.416 e. The van der Waals surface area contributed by atoms with Crippen LogP contribution in [0.15, 0.2) is 48.5 Å². The summed E-state index contributed by atoms with van der Waals surface area (Å²) < 4.78 is 42.7. The summed E-state index contributed by atoms with van der Waals surface area (Å²) in [6, 6.07) is 10.7. The minimum atomic E-state index is -4.51. The molecular formula is C15H9Cl2F3O2. The number of benzene rings is 2. The van der Waals surface area contributed by atoms with Crippen molar-refractivity contribution >= 4 is 29.0 Å². The lowest BCUT2D eigenvalue weighted by molar-refractivity contribution is -0.137. The zero-order valence-corrected chi connectivity index (χ0v) is 12.4. The maximum absolute atomic E-state index is 12.5. The first kappa shape index (κ1) is 16.6. The van der Waals surface area contributed by atoms with Gasteiger partial charge < -0.3 is 4.74 Å². The summed E-state index contributed by atoms with van der Waals surface area (Å²) in [5.74, 6) is -0.614. The van der Waals surface area contributed by atoms with E-state index < -0.39 is 23.1 Å². The van der Waals surface area contributed by atoms with Gasteiger partial charge in [0.05, 0.1) is 10.6 Å². The monoisotopic (exact) mass is 348 g/mol. The third-order valence-electron chi connectivity index (χ3n) is 2.75. The Morgan fingerprint density at radius 1 is 1.09 bits per heavy atom. The summed E-state index contributed by atoms with van der Waals surface area (Å²) >= 11 is 11.6. The molecule has 116 valence electrons. The van der Waals surface area contributed by atoms with Crippen LogP contribution in [0.1, 0.15) is 15.9 Å². The number of carbonyl (C=O) groups is 1. The number of hydrogen-bond donors (Lipinski definition) is 0. The number of rotatable bonds is 4. The minimum absolute atomic E-state index is 0.0982. The molecule has 1 unspecified atom stereocenters. The second kappa shape index (κ2) is 6.58. The molecule has 2 rings (SSSR count). The second-order valence-corrected chi connectivity index (χ2v) is 5.11. The Labute approximate surface area is 134 Å². The average Bonchev–Trinajstić information content (AvgIpc) is 2.48. The van der Waals surface area contributed by atoms with Crippen LogP contribution in [-0.2, 0) is 6.18 Å². The number of halogens is 5. The van der Waals surface area contributed by atoms with Crippen molar-refractivity contribution in [1.29, 1.82) is 0 Å². The Morgan fingerprint density at radius 3 is 2.27 bits per heavy atom. The highest BCUT2D eigenvalue weighted by Gasteiger charge is 2.31. The lowest BCUT2D eigenvalue weighted by atomic mass is 10.1. The van der Waals surface area contributed by atoms with Gasteiger partial charge in [-0.2, -0.15) is 13.2 Å². The highest BCUT2D eigenvalue weighted by Crippen LogP contribution is 2.35. The van der Waals surface area contributed by atoms with Crippen molar-refractivity contribution in [2.45, 2.75) is 11.7 Å². The molecule has 0 saturated carbocycles. The van der Waals surface area contributed by atoms with Crippen LogP contribution >= 0.6 is 23.2 Å². The van der Waals surface area contributed by atoms with Crippen molar-refractivity contribution in [3.05, 3.63) is 64.7 Å². The molecule has 0 aliphatic rings. The quantitative estimate of drug-likeness (QED) is 0.561. The van der Waals surface area contributed by atoms with Crippen molar-refractivity contribution in [2.75, 3.05) is 0 Å². The highest BCUT2D eigenvalue weighted by molar-refractivity contribution is 6.34. The van der Waals surface area contributed by atoms with E-state index in [1.54, 1.807) is 30.3 Å². The molecule has 0 N–H and O–H groups in total. The molecule has 0 aliphatic carbocycles.